The molecule has 1 atom stereocenters. The number of nitrogens with two attached hydrogens (primary N) is 1. The zero-order chi connectivity index (χ0) is 21.5. The molecule has 0 radical (unpaired) electrons. The van der Waals surface area contributed by atoms with E-state index in [9.17, 15) is 18.0 Å². The molecule has 0 aliphatic carbocycles. The van der Waals surface area contributed by atoms with Gasteiger partial charge in [0.25, 0.3) is 0 Å². The molecule has 0 aromatic heterocycles. The number of amides is 1. The maximum Gasteiger partial charge on any atom is 0.416 e. The van der Waals surface area contributed by atoms with Crippen LogP contribution in [0.1, 0.15) is 102 Å². The monoisotopic (exact) mass is 413 g/mol. The average Bonchev–Trinajstić information content (AvgIpc) is 2.67. The van der Waals surface area contributed by atoms with Crippen LogP contribution < -0.4 is 5.73 Å². The summed E-state index contributed by atoms with van der Waals surface area (Å²) in [6, 6.07) is 5.46. The number of carbonyl (C=O) groups is 1. The van der Waals surface area contributed by atoms with Crippen LogP contribution in [0.25, 0.3) is 0 Å². The standard InChI is InChI=1S/C24H38F3NO/c1-2-3-4-5-6-7-8-9-10-11-12-13-17-21(23(28)29)19-20-16-14-15-18-22(20)24(25,26)27/h14-16,18,21H,2-13,17,19H2,1H3,(H2,28,29). The molecule has 29 heavy (non-hydrogen) atoms. The number of hydrogen-bond donors (Lipinski definition) is 1. The molecule has 0 aliphatic rings. The summed E-state index contributed by atoms with van der Waals surface area (Å²) in [5.74, 6) is -1.05. The summed E-state index contributed by atoms with van der Waals surface area (Å²) in [6.45, 7) is 2.23. The molecule has 2 N–H and O–H groups in total. The van der Waals surface area contributed by atoms with Crippen LogP contribution in [0.4, 0.5) is 13.2 Å². The van der Waals surface area contributed by atoms with Gasteiger partial charge < -0.3 is 5.73 Å². The Bertz CT molecular complexity index is 571. The van der Waals surface area contributed by atoms with Gasteiger partial charge in [0.1, 0.15) is 0 Å². The van der Waals surface area contributed by atoms with Crippen molar-refractivity contribution in [2.75, 3.05) is 0 Å². The SMILES string of the molecule is CCCCCCCCCCCCCCC(Cc1ccccc1C(F)(F)F)C(N)=O. The molecule has 1 aromatic rings. The minimum absolute atomic E-state index is 0.0586. The predicted octanol–water partition coefficient (Wildman–Crippen LogP) is 7.44. The second-order valence-electron chi connectivity index (χ2n) is 8.14. The van der Waals surface area contributed by atoms with E-state index >= 15 is 0 Å². The van der Waals surface area contributed by atoms with Crippen LogP contribution in [0.2, 0.25) is 0 Å². The molecular weight excluding hydrogens is 375 g/mol. The van der Waals surface area contributed by atoms with Gasteiger partial charge in [0.05, 0.1) is 5.56 Å². The molecule has 0 spiro atoms. The first-order chi connectivity index (χ1) is 13.9. The van der Waals surface area contributed by atoms with Crippen LogP contribution in [-0.2, 0) is 17.4 Å². The van der Waals surface area contributed by atoms with E-state index < -0.39 is 23.6 Å². The maximum atomic E-state index is 13.1. The van der Waals surface area contributed by atoms with Crippen LogP contribution in [0.3, 0.4) is 0 Å². The molecule has 0 heterocycles. The minimum atomic E-state index is -4.41. The molecule has 1 rings (SSSR count). The van der Waals surface area contributed by atoms with E-state index in [0.717, 1.165) is 25.3 Å². The number of hydrogen-bond acceptors (Lipinski definition) is 1. The van der Waals surface area contributed by atoms with Crippen molar-refractivity contribution < 1.29 is 18.0 Å². The summed E-state index contributed by atoms with van der Waals surface area (Å²) >= 11 is 0. The van der Waals surface area contributed by atoms with Gasteiger partial charge in [-0.1, -0.05) is 102 Å². The summed E-state index contributed by atoms with van der Waals surface area (Å²) in [5.41, 5.74) is 4.95. The van der Waals surface area contributed by atoms with Gasteiger partial charge >= 0.3 is 6.18 Å². The second kappa shape index (κ2) is 14.5. The normalized spacial score (nSPS) is 12.8. The van der Waals surface area contributed by atoms with E-state index in [4.69, 9.17) is 5.73 Å². The fraction of sp³-hybridized carbons (Fsp3) is 0.708. The Kier molecular flexibility index (Phi) is 12.7. The fourth-order valence-electron chi connectivity index (χ4n) is 3.82. The van der Waals surface area contributed by atoms with E-state index in [1.165, 1.54) is 69.9 Å². The molecule has 5 heteroatoms. The Morgan fingerprint density at radius 1 is 0.862 bits per heavy atom. The van der Waals surface area contributed by atoms with Crippen LogP contribution in [0.5, 0.6) is 0 Å². The summed E-state index contributed by atoms with van der Waals surface area (Å²) in [5, 5.41) is 0. The Morgan fingerprint density at radius 3 is 1.83 bits per heavy atom. The molecule has 1 amide bonds. The molecule has 0 saturated heterocycles. The molecule has 166 valence electrons. The first kappa shape index (κ1) is 25.5. The second-order valence-corrected chi connectivity index (χ2v) is 8.14. The smallest absolute Gasteiger partial charge is 0.369 e. The summed E-state index contributed by atoms with van der Waals surface area (Å²) in [7, 11) is 0. The van der Waals surface area contributed by atoms with Crippen LogP contribution in [-0.4, -0.2) is 5.91 Å². The number of unbranched alkanes of at least 4 members (excludes halogenated alkanes) is 11. The maximum absolute atomic E-state index is 13.1. The van der Waals surface area contributed by atoms with Gasteiger partial charge in [-0.3, -0.25) is 4.79 Å². The van der Waals surface area contributed by atoms with E-state index in [-0.39, 0.29) is 12.0 Å². The van der Waals surface area contributed by atoms with Crippen molar-refractivity contribution in [3.05, 3.63) is 35.4 Å². The summed E-state index contributed by atoms with van der Waals surface area (Å²) in [4.78, 5) is 11.7. The van der Waals surface area contributed by atoms with Gasteiger partial charge in [-0.2, -0.15) is 13.2 Å². The topological polar surface area (TPSA) is 43.1 Å². The van der Waals surface area contributed by atoms with E-state index in [1.54, 1.807) is 6.07 Å². The lowest BCUT2D eigenvalue weighted by atomic mass is 9.90. The van der Waals surface area contributed by atoms with E-state index in [0.29, 0.717) is 6.42 Å². The van der Waals surface area contributed by atoms with Crippen molar-refractivity contribution in [3.8, 4) is 0 Å². The molecule has 0 fully saturated rings. The van der Waals surface area contributed by atoms with Crippen molar-refractivity contribution in [1.29, 1.82) is 0 Å². The molecule has 0 aliphatic heterocycles. The molecule has 0 bridgehead atoms. The number of rotatable bonds is 16. The Hall–Kier alpha value is -1.52. The van der Waals surface area contributed by atoms with Crippen molar-refractivity contribution >= 4 is 5.91 Å². The van der Waals surface area contributed by atoms with Crippen molar-refractivity contribution in [1.82, 2.24) is 0 Å². The zero-order valence-electron chi connectivity index (χ0n) is 17.9. The van der Waals surface area contributed by atoms with Crippen LogP contribution >= 0.6 is 0 Å². The fourth-order valence-corrected chi connectivity index (χ4v) is 3.82. The summed E-state index contributed by atoms with van der Waals surface area (Å²) < 4.78 is 39.4. The third-order valence-electron chi connectivity index (χ3n) is 5.60. The molecule has 0 saturated carbocycles. The van der Waals surface area contributed by atoms with Gasteiger partial charge in [0, 0.05) is 5.92 Å². The molecule has 1 aromatic carbocycles. The van der Waals surface area contributed by atoms with Gasteiger partial charge in [-0.25, -0.2) is 0 Å². The molecule has 1 unspecified atom stereocenters. The lowest BCUT2D eigenvalue weighted by Crippen LogP contribution is -2.26. The van der Waals surface area contributed by atoms with Crippen LogP contribution in [0, 0.1) is 5.92 Å². The first-order valence-electron chi connectivity index (χ1n) is 11.3. The minimum Gasteiger partial charge on any atom is -0.369 e. The average molecular weight is 414 g/mol. The van der Waals surface area contributed by atoms with Crippen molar-refractivity contribution in [3.63, 3.8) is 0 Å². The number of alkyl halides is 3. The van der Waals surface area contributed by atoms with Crippen molar-refractivity contribution in [2.45, 2.75) is 103 Å². The molecular formula is C24H38F3NO. The highest BCUT2D eigenvalue weighted by Gasteiger charge is 2.33. The number of halogens is 3. The number of carbonyl (C=O) groups excluding carboxylic acids is 1. The Balaban J connectivity index is 2.24. The number of benzene rings is 1. The predicted molar refractivity (Wildman–Crippen MR) is 114 cm³/mol. The third-order valence-corrected chi connectivity index (χ3v) is 5.60. The Morgan fingerprint density at radius 2 is 1.34 bits per heavy atom. The lowest BCUT2D eigenvalue weighted by Gasteiger charge is -2.17. The third kappa shape index (κ3) is 11.3. The van der Waals surface area contributed by atoms with Crippen LogP contribution in [0.15, 0.2) is 24.3 Å². The van der Waals surface area contributed by atoms with Gasteiger partial charge in [0.2, 0.25) is 5.91 Å². The van der Waals surface area contributed by atoms with Crippen molar-refractivity contribution in [2.24, 2.45) is 11.7 Å². The van der Waals surface area contributed by atoms with E-state index in [1.807, 2.05) is 0 Å². The van der Waals surface area contributed by atoms with E-state index in [2.05, 4.69) is 6.92 Å². The quantitative estimate of drug-likeness (QED) is 0.281. The van der Waals surface area contributed by atoms with Gasteiger partial charge in [0.15, 0.2) is 0 Å². The number of primary amides is 1. The summed E-state index contributed by atoms with van der Waals surface area (Å²) in [6.07, 6.45) is 10.8. The largest absolute Gasteiger partial charge is 0.416 e. The highest BCUT2D eigenvalue weighted by molar-refractivity contribution is 5.77. The Labute approximate surface area is 174 Å². The van der Waals surface area contributed by atoms with Gasteiger partial charge in [-0.05, 0) is 24.5 Å². The highest BCUT2D eigenvalue weighted by Crippen LogP contribution is 2.33. The highest BCUT2D eigenvalue weighted by atomic mass is 19.4. The van der Waals surface area contributed by atoms with Gasteiger partial charge in [-0.15, -0.1) is 0 Å². The molecule has 2 nitrogen and oxygen atoms in total. The lowest BCUT2D eigenvalue weighted by molar-refractivity contribution is -0.138. The zero-order valence-corrected chi connectivity index (χ0v) is 17.9. The first-order valence-corrected chi connectivity index (χ1v) is 11.3.